The van der Waals surface area contributed by atoms with Crippen molar-refractivity contribution in [3.05, 3.63) is 82.9 Å². The van der Waals surface area contributed by atoms with Gasteiger partial charge in [-0.3, -0.25) is 19.5 Å². The van der Waals surface area contributed by atoms with E-state index in [1.807, 2.05) is 30.3 Å². The van der Waals surface area contributed by atoms with Gasteiger partial charge in [0, 0.05) is 5.69 Å². The number of hydrogen-bond acceptors (Lipinski definition) is 8. The molecule has 0 radical (unpaired) electrons. The molecule has 0 bridgehead atoms. The minimum Gasteiger partial charge on any atom is -0.507 e. The Morgan fingerprint density at radius 2 is 1.85 bits per heavy atom. The van der Waals surface area contributed by atoms with E-state index in [4.69, 9.17) is 4.74 Å². The fourth-order valence-corrected chi connectivity index (χ4v) is 3.97. The maximum Gasteiger partial charge on any atom is 0.296 e. The van der Waals surface area contributed by atoms with Crippen molar-refractivity contribution < 1.29 is 19.6 Å². The smallest absolute Gasteiger partial charge is 0.296 e. The van der Waals surface area contributed by atoms with Crippen LogP contribution >= 0.6 is 11.8 Å². The van der Waals surface area contributed by atoms with E-state index in [0.29, 0.717) is 22.3 Å². The number of nitro benzene ring substituents is 1. The number of rotatable bonds is 8. The number of aromatic nitrogens is 3. The summed E-state index contributed by atoms with van der Waals surface area (Å²) in [5.41, 5.74) is 1.03. The lowest BCUT2D eigenvalue weighted by Gasteiger charge is -2.11. The third kappa shape index (κ3) is 4.84. The molecule has 34 heavy (non-hydrogen) atoms. The summed E-state index contributed by atoms with van der Waals surface area (Å²) < 4.78 is 6.75. The minimum atomic E-state index is -0.587. The van der Waals surface area contributed by atoms with Gasteiger partial charge in [0.2, 0.25) is 5.91 Å². The number of amides is 1. The molecule has 1 aromatic heterocycles. The molecule has 0 atom stereocenters. The van der Waals surface area contributed by atoms with Crippen molar-refractivity contribution in [2.75, 3.05) is 18.2 Å². The predicted molar refractivity (Wildman–Crippen MR) is 127 cm³/mol. The SMILES string of the molecule is COc1ccc(NC(=O)CSc2nnc(-c3ccccc3O)n2-c2ccccc2)c([N+](=O)[O-])c1. The number of nitro groups is 1. The van der Waals surface area contributed by atoms with Crippen LogP contribution in [0.2, 0.25) is 0 Å². The van der Waals surface area contributed by atoms with E-state index in [2.05, 4.69) is 15.5 Å². The van der Waals surface area contributed by atoms with Gasteiger partial charge in [0.05, 0.1) is 29.4 Å². The van der Waals surface area contributed by atoms with Gasteiger partial charge in [-0.05, 0) is 36.4 Å². The van der Waals surface area contributed by atoms with Gasteiger partial charge in [0.15, 0.2) is 11.0 Å². The van der Waals surface area contributed by atoms with E-state index >= 15 is 0 Å². The molecule has 172 valence electrons. The molecule has 0 aliphatic rings. The zero-order chi connectivity index (χ0) is 24.1. The molecule has 4 rings (SSSR count). The maximum atomic E-state index is 12.6. The van der Waals surface area contributed by atoms with Crippen LogP contribution in [0.4, 0.5) is 11.4 Å². The highest BCUT2D eigenvalue weighted by molar-refractivity contribution is 7.99. The van der Waals surface area contributed by atoms with E-state index in [1.165, 1.54) is 25.3 Å². The number of benzene rings is 3. The molecule has 4 aromatic rings. The minimum absolute atomic E-state index is 0.0492. The van der Waals surface area contributed by atoms with Gasteiger partial charge in [-0.25, -0.2) is 0 Å². The highest BCUT2D eigenvalue weighted by Gasteiger charge is 2.21. The molecular formula is C23H19N5O5S. The number of ether oxygens (including phenoxy) is 1. The predicted octanol–water partition coefficient (Wildman–Crippen LogP) is 4.29. The fraction of sp³-hybridized carbons (Fsp3) is 0.0870. The highest BCUT2D eigenvalue weighted by atomic mass is 32.2. The third-order valence-corrected chi connectivity index (χ3v) is 5.73. The first-order chi connectivity index (χ1) is 16.5. The number of carbonyl (C=O) groups excluding carboxylic acids is 1. The number of para-hydroxylation sites is 2. The van der Waals surface area contributed by atoms with Crippen molar-refractivity contribution in [3.8, 4) is 28.6 Å². The molecule has 0 saturated heterocycles. The second kappa shape index (κ2) is 10.0. The number of phenolic OH excluding ortho intramolecular Hbond substituents is 1. The average molecular weight is 478 g/mol. The first kappa shape index (κ1) is 22.8. The normalized spacial score (nSPS) is 10.6. The summed E-state index contributed by atoms with van der Waals surface area (Å²) in [5.74, 6) is 0.248. The van der Waals surface area contributed by atoms with E-state index in [-0.39, 0.29) is 22.9 Å². The van der Waals surface area contributed by atoms with Gasteiger partial charge in [0.25, 0.3) is 5.69 Å². The first-order valence-electron chi connectivity index (χ1n) is 10.0. The Morgan fingerprint density at radius 1 is 1.12 bits per heavy atom. The van der Waals surface area contributed by atoms with Crippen LogP contribution in [0.25, 0.3) is 17.1 Å². The Bertz CT molecular complexity index is 1340. The standard InChI is InChI=1S/C23H19N5O5S/c1-33-16-11-12-18(19(13-16)28(31)32)24-21(30)14-34-23-26-25-22(17-9-5-6-10-20(17)29)27(23)15-7-3-2-4-8-15/h2-13,29H,14H2,1H3,(H,24,30). The molecule has 0 saturated carbocycles. The van der Waals surface area contributed by atoms with Crippen LogP contribution in [-0.2, 0) is 4.79 Å². The third-order valence-electron chi connectivity index (χ3n) is 4.80. The lowest BCUT2D eigenvalue weighted by atomic mass is 10.2. The number of anilines is 1. The molecule has 2 N–H and O–H groups in total. The van der Waals surface area contributed by atoms with Crippen molar-refractivity contribution >= 4 is 29.0 Å². The lowest BCUT2D eigenvalue weighted by Crippen LogP contribution is -2.15. The Hall–Kier alpha value is -4.38. The summed E-state index contributed by atoms with van der Waals surface area (Å²) in [7, 11) is 1.40. The quantitative estimate of drug-likeness (QED) is 0.218. The maximum absolute atomic E-state index is 12.6. The molecule has 3 aromatic carbocycles. The summed E-state index contributed by atoms with van der Waals surface area (Å²) in [5, 5.41) is 33.1. The monoisotopic (exact) mass is 477 g/mol. The summed E-state index contributed by atoms with van der Waals surface area (Å²) in [4.78, 5) is 23.4. The number of carbonyl (C=O) groups is 1. The van der Waals surface area contributed by atoms with Gasteiger partial charge in [-0.2, -0.15) is 0 Å². The van der Waals surface area contributed by atoms with Crippen LogP contribution in [0.15, 0.2) is 78.0 Å². The molecule has 0 unspecified atom stereocenters. The van der Waals surface area contributed by atoms with Gasteiger partial charge >= 0.3 is 0 Å². The van der Waals surface area contributed by atoms with E-state index < -0.39 is 10.8 Å². The molecule has 1 amide bonds. The van der Waals surface area contributed by atoms with Crippen LogP contribution in [0.5, 0.6) is 11.5 Å². The molecule has 0 fully saturated rings. The van der Waals surface area contributed by atoms with E-state index in [0.717, 1.165) is 17.4 Å². The Balaban J connectivity index is 1.59. The molecule has 11 heteroatoms. The molecule has 0 aliphatic carbocycles. The number of nitrogens with one attached hydrogen (secondary N) is 1. The first-order valence-corrected chi connectivity index (χ1v) is 11.0. The van der Waals surface area contributed by atoms with Crippen molar-refractivity contribution in [2.24, 2.45) is 0 Å². The van der Waals surface area contributed by atoms with E-state index in [9.17, 15) is 20.0 Å². The van der Waals surface area contributed by atoms with Crippen LogP contribution < -0.4 is 10.1 Å². The Kier molecular flexibility index (Phi) is 6.74. The molecule has 0 spiro atoms. The number of hydrogen-bond donors (Lipinski definition) is 2. The topological polar surface area (TPSA) is 132 Å². The summed E-state index contributed by atoms with van der Waals surface area (Å²) in [6, 6.07) is 20.3. The molecule has 10 nitrogen and oxygen atoms in total. The largest absolute Gasteiger partial charge is 0.507 e. The molecular weight excluding hydrogens is 458 g/mol. The number of aromatic hydroxyl groups is 1. The summed E-state index contributed by atoms with van der Waals surface area (Å²) in [6.07, 6.45) is 0. The van der Waals surface area contributed by atoms with Crippen molar-refractivity contribution in [3.63, 3.8) is 0 Å². The number of methoxy groups -OCH3 is 1. The number of nitrogens with zero attached hydrogens (tertiary/aromatic N) is 4. The van der Waals surface area contributed by atoms with Crippen LogP contribution in [-0.4, -0.2) is 43.6 Å². The number of thioether (sulfide) groups is 1. The summed E-state index contributed by atoms with van der Waals surface area (Å²) >= 11 is 1.11. The zero-order valence-corrected chi connectivity index (χ0v) is 18.7. The second-order valence-corrected chi connectivity index (χ2v) is 7.91. The van der Waals surface area contributed by atoms with Gasteiger partial charge in [0.1, 0.15) is 17.2 Å². The van der Waals surface area contributed by atoms with E-state index in [1.54, 1.807) is 28.8 Å². The van der Waals surface area contributed by atoms with Gasteiger partial charge in [-0.15, -0.1) is 10.2 Å². The van der Waals surface area contributed by atoms with Gasteiger partial charge < -0.3 is 15.2 Å². The van der Waals surface area contributed by atoms with Crippen LogP contribution in [0.1, 0.15) is 0 Å². The summed E-state index contributed by atoms with van der Waals surface area (Å²) in [6.45, 7) is 0. The van der Waals surface area contributed by atoms with Crippen LogP contribution in [0.3, 0.4) is 0 Å². The molecule has 0 aliphatic heterocycles. The fourth-order valence-electron chi connectivity index (χ4n) is 3.22. The van der Waals surface area contributed by atoms with Crippen molar-refractivity contribution in [1.82, 2.24) is 14.8 Å². The van der Waals surface area contributed by atoms with Gasteiger partial charge in [-0.1, -0.05) is 42.1 Å². The highest BCUT2D eigenvalue weighted by Crippen LogP contribution is 2.33. The Morgan fingerprint density at radius 3 is 2.56 bits per heavy atom. The van der Waals surface area contributed by atoms with Crippen molar-refractivity contribution in [1.29, 1.82) is 0 Å². The van der Waals surface area contributed by atoms with Crippen LogP contribution in [0, 0.1) is 10.1 Å². The average Bonchev–Trinajstić information content (AvgIpc) is 3.27. The second-order valence-electron chi connectivity index (χ2n) is 6.97. The zero-order valence-electron chi connectivity index (χ0n) is 17.9. The molecule has 1 heterocycles. The van der Waals surface area contributed by atoms with Crippen molar-refractivity contribution in [2.45, 2.75) is 5.16 Å². The number of phenols is 1. The lowest BCUT2D eigenvalue weighted by molar-refractivity contribution is -0.384. The Labute approximate surface area is 198 Å².